The Hall–Kier alpha value is -4.92. The number of hydrogen-bond donors (Lipinski definition) is 0. The molecule has 0 N–H and O–H groups in total. The van der Waals surface area contributed by atoms with Crippen LogP contribution in [0.3, 0.4) is 0 Å². The standard InChI is InChI=1S/C46H58N6O3/c1-4-5-6-7-8-9-10-11-12-13-14-15-16-17-27-34-40-42(44(54)51(49-40)38-30-23-19-24-31-38)46(36(3)48-52(45(46)55)39-32-25-20-26-33-39)41-35(2)47-50(43(41)53)37-28-21-18-22-29-37/h18-26,28-33,41-42H,4-17,27,34H2,1-3H3/t41-,42+,46+/m0/s1. The fourth-order valence-corrected chi connectivity index (χ4v) is 8.61. The molecule has 0 saturated carbocycles. The van der Waals surface area contributed by atoms with Gasteiger partial charge in [0.05, 0.1) is 28.5 Å². The molecule has 3 aliphatic rings. The van der Waals surface area contributed by atoms with Gasteiger partial charge in [0.2, 0.25) is 0 Å². The van der Waals surface area contributed by atoms with Crippen molar-refractivity contribution in [3.63, 3.8) is 0 Å². The molecular weight excluding hydrogens is 685 g/mol. The molecule has 290 valence electrons. The first-order chi connectivity index (χ1) is 26.9. The maximum atomic E-state index is 15.3. The van der Waals surface area contributed by atoms with Crippen LogP contribution in [0.5, 0.6) is 0 Å². The van der Waals surface area contributed by atoms with E-state index in [2.05, 4.69) is 6.92 Å². The summed E-state index contributed by atoms with van der Waals surface area (Å²) in [4.78, 5) is 44.9. The van der Waals surface area contributed by atoms with Crippen LogP contribution in [0.1, 0.15) is 124 Å². The average molecular weight is 743 g/mol. The molecule has 9 nitrogen and oxygen atoms in total. The Balaban J connectivity index is 1.21. The summed E-state index contributed by atoms with van der Waals surface area (Å²) >= 11 is 0. The summed E-state index contributed by atoms with van der Waals surface area (Å²) < 4.78 is 0. The first kappa shape index (κ1) is 39.8. The van der Waals surface area contributed by atoms with Crippen LogP contribution < -0.4 is 15.0 Å². The zero-order chi connectivity index (χ0) is 38.6. The molecule has 3 aromatic carbocycles. The molecule has 0 radical (unpaired) electrons. The SMILES string of the molecule is CCCCCCCCCCCCCCCCCC1=NN(c2ccccc2)C(=O)[C@@H]1[C@@]1([C@@H]2C(=O)N(c3ccccc3)N=C2C)C(=O)N(c2ccccc2)N=C1C. The van der Waals surface area contributed by atoms with E-state index in [0.717, 1.165) is 19.3 Å². The predicted octanol–water partition coefficient (Wildman–Crippen LogP) is 10.7. The van der Waals surface area contributed by atoms with E-state index in [-0.39, 0.29) is 11.8 Å². The summed E-state index contributed by atoms with van der Waals surface area (Å²) in [5.41, 5.74) is 1.59. The lowest BCUT2D eigenvalue weighted by Crippen LogP contribution is -2.59. The topological polar surface area (TPSA) is 98.0 Å². The molecule has 3 amide bonds. The Bertz CT molecular complexity index is 1840. The summed E-state index contributed by atoms with van der Waals surface area (Å²) in [6, 6.07) is 27.7. The smallest absolute Gasteiger partial charge is 0.261 e. The number of para-hydroxylation sites is 3. The van der Waals surface area contributed by atoms with E-state index >= 15 is 4.79 Å². The summed E-state index contributed by atoms with van der Waals surface area (Å²) in [7, 11) is 0. The predicted molar refractivity (Wildman–Crippen MR) is 224 cm³/mol. The lowest BCUT2D eigenvalue weighted by molar-refractivity contribution is -0.136. The number of carbonyl (C=O) groups is 3. The van der Waals surface area contributed by atoms with Gasteiger partial charge in [-0.2, -0.15) is 20.3 Å². The minimum atomic E-state index is -1.67. The third kappa shape index (κ3) is 8.66. The van der Waals surface area contributed by atoms with Crippen molar-refractivity contribution in [1.29, 1.82) is 0 Å². The zero-order valence-electron chi connectivity index (χ0n) is 33.0. The van der Waals surface area contributed by atoms with E-state index in [9.17, 15) is 9.59 Å². The minimum absolute atomic E-state index is 0.335. The maximum absolute atomic E-state index is 15.3. The molecule has 3 aromatic rings. The van der Waals surface area contributed by atoms with Crippen LogP contribution in [0.2, 0.25) is 0 Å². The van der Waals surface area contributed by atoms with Gasteiger partial charge in [0.15, 0.2) is 0 Å². The third-order valence-electron chi connectivity index (χ3n) is 11.5. The molecule has 0 spiro atoms. The quantitative estimate of drug-likeness (QED) is 0.102. The molecular formula is C46H58N6O3. The molecule has 0 fully saturated rings. The largest absolute Gasteiger partial charge is 0.272 e. The number of nitrogens with zero attached hydrogens (tertiary/aromatic N) is 6. The van der Waals surface area contributed by atoms with Crippen LogP contribution in [0.15, 0.2) is 106 Å². The van der Waals surface area contributed by atoms with E-state index in [0.29, 0.717) is 40.6 Å². The molecule has 3 atom stereocenters. The summed E-state index contributed by atoms with van der Waals surface area (Å²) in [5, 5.41) is 18.7. The second-order valence-corrected chi connectivity index (χ2v) is 15.4. The van der Waals surface area contributed by atoms with Crippen LogP contribution in [0.4, 0.5) is 17.1 Å². The number of anilines is 3. The van der Waals surface area contributed by atoms with E-state index in [1.165, 1.54) is 92.1 Å². The third-order valence-corrected chi connectivity index (χ3v) is 11.5. The van der Waals surface area contributed by atoms with Gasteiger partial charge in [-0.3, -0.25) is 14.4 Å². The van der Waals surface area contributed by atoms with Crippen LogP contribution in [-0.4, -0.2) is 34.9 Å². The number of rotatable bonds is 21. The van der Waals surface area contributed by atoms with Crippen molar-refractivity contribution in [3.8, 4) is 0 Å². The highest BCUT2D eigenvalue weighted by Gasteiger charge is 2.68. The van der Waals surface area contributed by atoms with Gasteiger partial charge in [0.1, 0.15) is 17.3 Å². The number of unbranched alkanes of at least 4 members (excludes halogenated alkanes) is 14. The molecule has 6 rings (SSSR count). The fraction of sp³-hybridized carbons (Fsp3) is 0.478. The highest BCUT2D eigenvalue weighted by atomic mass is 16.2. The van der Waals surface area contributed by atoms with Gasteiger partial charge in [-0.1, -0.05) is 151 Å². The molecule has 55 heavy (non-hydrogen) atoms. The van der Waals surface area contributed by atoms with Gasteiger partial charge in [0.25, 0.3) is 17.7 Å². The zero-order valence-corrected chi connectivity index (χ0v) is 33.0. The van der Waals surface area contributed by atoms with E-state index in [4.69, 9.17) is 15.3 Å². The number of benzene rings is 3. The molecule has 0 saturated heterocycles. The Morgan fingerprint density at radius 3 is 1.36 bits per heavy atom. The Labute approximate surface area is 327 Å². The normalized spacial score (nSPS) is 21.1. The molecule has 0 unspecified atom stereocenters. The summed E-state index contributed by atoms with van der Waals surface area (Å²) in [5.74, 6) is -3.22. The van der Waals surface area contributed by atoms with Crippen LogP contribution >= 0.6 is 0 Å². The number of hydrogen-bond acceptors (Lipinski definition) is 6. The van der Waals surface area contributed by atoms with Crippen molar-refractivity contribution in [2.75, 3.05) is 15.0 Å². The van der Waals surface area contributed by atoms with Crippen molar-refractivity contribution in [3.05, 3.63) is 91.0 Å². The highest BCUT2D eigenvalue weighted by Crippen LogP contribution is 2.51. The molecule has 0 aromatic heterocycles. The van der Waals surface area contributed by atoms with E-state index < -0.39 is 23.2 Å². The number of amides is 3. The second kappa shape index (κ2) is 19.1. The Kier molecular flexibility index (Phi) is 13.8. The Morgan fingerprint density at radius 1 is 0.491 bits per heavy atom. The average Bonchev–Trinajstić information content (AvgIpc) is 3.80. The van der Waals surface area contributed by atoms with Gasteiger partial charge >= 0.3 is 0 Å². The van der Waals surface area contributed by atoms with Crippen LogP contribution in [-0.2, 0) is 14.4 Å². The lowest BCUT2D eigenvalue weighted by Gasteiger charge is -2.37. The van der Waals surface area contributed by atoms with Crippen molar-refractivity contribution >= 4 is 51.9 Å². The molecule has 3 heterocycles. The monoisotopic (exact) mass is 742 g/mol. The van der Waals surface area contributed by atoms with Crippen molar-refractivity contribution in [2.24, 2.45) is 32.6 Å². The van der Waals surface area contributed by atoms with Gasteiger partial charge in [0, 0.05) is 5.71 Å². The van der Waals surface area contributed by atoms with Gasteiger partial charge in [-0.05, 0) is 63.1 Å². The van der Waals surface area contributed by atoms with Gasteiger partial charge < -0.3 is 0 Å². The van der Waals surface area contributed by atoms with Crippen LogP contribution in [0.25, 0.3) is 0 Å². The van der Waals surface area contributed by atoms with Crippen molar-refractivity contribution in [2.45, 2.75) is 124 Å². The number of hydrazone groups is 3. The van der Waals surface area contributed by atoms with Crippen molar-refractivity contribution in [1.82, 2.24) is 0 Å². The molecule has 0 aliphatic carbocycles. The lowest BCUT2D eigenvalue weighted by atomic mass is 9.60. The van der Waals surface area contributed by atoms with E-state index in [1.807, 2.05) is 91.0 Å². The molecule has 0 bridgehead atoms. The highest BCUT2D eigenvalue weighted by molar-refractivity contribution is 6.33. The fourth-order valence-electron chi connectivity index (χ4n) is 8.61. The molecule has 9 heteroatoms. The summed E-state index contributed by atoms with van der Waals surface area (Å²) in [6.45, 7) is 5.82. The summed E-state index contributed by atoms with van der Waals surface area (Å²) in [6.07, 6.45) is 19.4. The Morgan fingerprint density at radius 2 is 0.891 bits per heavy atom. The first-order valence-corrected chi connectivity index (χ1v) is 20.7. The van der Waals surface area contributed by atoms with Crippen molar-refractivity contribution < 1.29 is 14.4 Å². The number of carbonyl (C=O) groups excluding carboxylic acids is 3. The first-order valence-electron chi connectivity index (χ1n) is 20.7. The molecule has 3 aliphatic heterocycles. The van der Waals surface area contributed by atoms with Gasteiger partial charge in [-0.15, -0.1) is 0 Å². The minimum Gasteiger partial charge on any atom is -0.272 e. The maximum Gasteiger partial charge on any atom is 0.261 e. The van der Waals surface area contributed by atoms with Crippen LogP contribution in [0, 0.1) is 17.3 Å². The second-order valence-electron chi connectivity index (χ2n) is 15.4. The van der Waals surface area contributed by atoms with E-state index in [1.54, 1.807) is 13.8 Å². The van der Waals surface area contributed by atoms with Gasteiger partial charge in [-0.25, -0.2) is 10.0 Å².